The van der Waals surface area contributed by atoms with E-state index in [1.807, 2.05) is 0 Å². The van der Waals surface area contributed by atoms with Gasteiger partial charge in [-0.2, -0.15) is 0 Å². The van der Waals surface area contributed by atoms with Crippen LogP contribution in [-0.2, 0) is 0 Å². The van der Waals surface area contributed by atoms with Gasteiger partial charge in [0.05, 0.1) is 0 Å². The Morgan fingerprint density at radius 3 is 1.60 bits per heavy atom. The molecule has 0 saturated heterocycles. The number of hydrogen-bond acceptors (Lipinski definition) is 1. The van der Waals surface area contributed by atoms with Crippen molar-refractivity contribution in [3.63, 3.8) is 0 Å². The number of fused-ring (bicyclic) bond motifs is 3. The Morgan fingerprint density at radius 1 is 0.327 bits per heavy atom. The quantitative estimate of drug-likeness (QED) is 0.202. The maximum absolute atomic E-state index is 6.63. The molecule has 1 heterocycles. The molecule has 9 aromatic carbocycles. The fourth-order valence-corrected chi connectivity index (χ4v) is 8.90. The molecule has 0 fully saturated rings. The summed E-state index contributed by atoms with van der Waals surface area (Å²) in [6.45, 7) is 0. The summed E-state index contributed by atoms with van der Waals surface area (Å²) in [5, 5.41) is 10.1. The average Bonchev–Trinajstić information content (AvgIpc) is 3.57. The lowest BCUT2D eigenvalue weighted by Gasteiger charge is -2.23. The highest BCUT2D eigenvalue weighted by Gasteiger charge is 2.21. The zero-order valence-electron chi connectivity index (χ0n) is 30.2. The van der Waals surface area contributed by atoms with E-state index in [-0.39, 0.29) is 0 Å². The van der Waals surface area contributed by atoms with E-state index in [1.54, 1.807) is 0 Å². The van der Waals surface area contributed by atoms with Crippen LogP contribution in [0.3, 0.4) is 0 Å². The lowest BCUT2D eigenvalue weighted by atomic mass is 9.59. The first-order chi connectivity index (χ1) is 25.4. The SMILES string of the molecule is Bc1c(B)c(B)c(-c2ccc3ccc4c(-c5cc(-c6cccc(-c7ccccc7)c6)cc6oc7ccccc7c56)ccc5ccc2c3c54)c(B)c1B. The number of rotatable bonds is 4. The van der Waals surface area contributed by atoms with Crippen molar-refractivity contribution < 1.29 is 4.42 Å². The standard InChI is InChI=1S/C46H33B5O/c47-42-41(43(48)45(50)46(51)44(42)49)33-20-16-26-14-18-31-30(17-13-25-15-19-32(33)39(26)38(25)31)35-22-29(23-37-40(35)34-11-4-5-12-36(34)52-37)28-10-6-9-27(21-28)24-7-2-1-3-8-24/h1-23H,47-51H2. The Bertz CT molecular complexity index is 3040. The smallest absolute Gasteiger partial charge is 0.139 e. The van der Waals surface area contributed by atoms with Gasteiger partial charge in [-0.25, -0.2) is 0 Å². The van der Waals surface area contributed by atoms with Crippen LogP contribution in [0.1, 0.15) is 0 Å². The summed E-state index contributed by atoms with van der Waals surface area (Å²) in [7, 11) is 11.4. The lowest BCUT2D eigenvalue weighted by molar-refractivity contribution is 0.669. The minimum Gasteiger partial charge on any atom is -0.456 e. The second-order valence-electron chi connectivity index (χ2n) is 14.6. The third-order valence-electron chi connectivity index (χ3n) is 12.0. The molecule has 0 unspecified atom stereocenters. The highest BCUT2D eigenvalue weighted by molar-refractivity contribution is 6.69. The van der Waals surface area contributed by atoms with E-state index < -0.39 is 0 Å². The van der Waals surface area contributed by atoms with E-state index in [9.17, 15) is 0 Å². The molecule has 238 valence electrons. The first-order valence-corrected chi connectivity index (χ1v) is 18.3. The maximum atomic E-state index is 6.63. The van der Waals surface area contributed by atoms with Gasteiger partial charge in [-0.05, 0) is 101 Å². The van der Waals surface area contributed by atoms with Crippen molar-refractivity contribution in [1.82, 2.24) is 0 Å². The molecule has 0 aliphatic rings. The molecule has 0 bridgehead atoms. The van der Waals surface area contributed by atoms with Gasteiger partial charge in [0.1, 0.15) is 50.4 Å². The molecule has 0 aliphatic carbocycles. The van der Waals surface area contributed by atoms with E-state index in [2.05, 4.69) is 179 Å². The van der Waals surface area contributed by atoms with Crippen molar-refractivity contribution in [2.75, 3.05) is 0 Å². The van der Waals surface area contributed by atoms with Gasteiger partial charge in [0.25, 0.3) is 0 Å². The van der Waals surface area contributed by atoms with Crippen LogP contribution in [0.2, 0.25) is 0 Å². The molecule has 0 N–H and O–H groups in total. The third kappa shape index (κ3) is 4.50. The molecular formula is C46H33B5O. The highest BCUT2D eigenvalue weighted by atomic mass is 16.3. The maximum Gasteiger partial charge on any atom is 0.139 e. The van der Waals surface area contributed by atoms with Crippen molar-refractivity contribution >= 4 is 121 Å². The van der Waals surface area contributed by atoms with Crippen LogP contribution in [-0.4, -0.2) is 39.2 Å². The molecule has 1 nitrogen and oxygen atoms in total. The predicted molar refractivity (Wildman–Crippen MR) is 240 cm³/mol. The molecule has 52 heavy (non-hydrogen) atoms. The van der Waals surface area contributed by atoms with Crippen LogP contribution in [0.15, 0.2) is 144 Å². The molecule has 0 aliphatic heterocycles. The number of hydrogen-bond donors (Lipinski definition) is 0. The number of para-hydroxylation sites is 1. The summed E-state index contributed by atoms with van der Waals surface area (Å²) >= 11 is 0. The largest absolute Gasteiger partial charge is 0.456 e. The van der Waals surface area contributed by atoms with Gasteiger partial charge in [0.2, 0.25) is 0 Å². The van der Waals surface area contributed by atoms with Gasteiger partial charge in [-0.1, -0.05) is 126 Å². The van der Waals surface area contributed by atoms with E-state index >= 15 is 0 Å². The van der Waals surface area contributed by atoms with Gasteiger partial charge >= 0.3 is 0 Å². The third-order valence-corrected chi connectivity index (χ3v) is 12.0. The van der Waals surface area contributed by atoms with Crippen LogP contribution >= 0.6 is 0 Å². The Kier molecular flexibility index (Phi) is 6.89. The van der Waals surface area contributed by atoms with Crippen molar-refractivity contribution in [1.29, 1.82) is 0 Å². The van der Waals surface area contributed by atoms with E-state index in [4.69, 9.17) is 4.42 Å². The van der Waals surface area contributed by atoms with Gasteiger partial charge in [0, 0.05) is 10.8 Å². The highest BCUT2D eigenvalue weighted by Crippen LogP contribution is 2.46. The van der Waals surface area contributed by atoms with E-state index in [0.717, 1.165) is 27.5 Å². The van der Waals surface area contributed by atoms with Crippen molar-refractivity contribution in [3.05, 3.63) is 140 Å². The zero-order valence-corrected chi connectivity index (χ0v) is 30.2. The molecule has 0 saturated carbocycles. The minimum atomic E-state index is 0.905. The van der Waals surface area contributed by atoms with Crippen molar-refractivity contribution in [2.45, 2.75) is 0 Å². The molecule has 0 atom stereocenters. The average molecular weight is 656 g/mol. The molecule has 10 rings (SSSR count). The monoisotopic (exact) mass is 656 g/mol. The summed E-state index contributed by atoms with van der Waals surface area (Å²) in [6.07, 6.45) is 0. The summed E-state index contributed by atoms with van der Waals surface area (Å²) < 4.78 is 6.63. The van der Waals surface area contributed by atoms with Crippen molar-refractivity contribution in [2.24, 2.45) is 0 Å². The lowest BCUT2D eigenvalue weighted by Crippen LogP contribution is -2.55. The Labute approximate surface area is 308 Å². The first-order valence-electron chi connectivity index (χ1n) is 18.3. The Hall–Kier alpha value is -5.86. The molecule has 6 heteroatoms. The van der Waals surface area contributed by atoms with E-state index in [1.165, 1.54) is 98.6 Å². The van der Waals surface area contributed by atoms with Gasteiger partial charge < -0.3 is 4.42 Å². The predicted octanol–water partition coefficient (Wildman–Crippen LogP) is 4.44. The minimum absolute atomic E-state index is 0.905. The molecular weight excluding hydrogens is 623 g/mol. The molecule has 0 spiro atoms. The molecule has 0 radical (unpaired) electrons. The zero-order chi connectivity index (χ0) is 35.2. The summed E-state index contributed by atoms with van der Waals surface area (Å²) in [5.41, 5.74) is 18.6. The second kappa shape index (κ2) is 11.6. The molecule has 0 amide bonds. The van der Waals surface area contributed by atoms with Gasteiger partial charge in [-0.3, -0.25) is 0 Å². The van der Waals surface area contributed by atoms with Gasteiger partial charge in [-0.15, -0.1) is 16.4 Å². The second-order valence-corrected chi connectivity index (χ2v) is 14.6. The first kappa shape index (κ1) is 30.9. The van der Waals surface area contributed by atoms with E-state index in [0.29, 0.717) is 0 Å². The molecule has 1 aromatic heterocycles. The van der Waals surface area contributed by atoms with Crippen LogP contribution in [0.5, 0.6) is 0 Å². The topological polar surface area (TPSA) is 13.1 Å². The van der Waals surface area contributed by atoms with Crippen LogP contribution < -0.4 is 27.3 Å². The van der Waals surface area contributed by atoms with Crippen molar-refractivity contribution in [3.8, 4) is 44.5 Å². The summed E-state index contributed by atoms with van der Waals surface area (Å²) in [4.78, 5) is 0. The molecule has 10 aromatic rings. The summed E-state index contributed by atoms with van der Waals surface area (Å²) in [5.74, 6) is 0. The van der Waals surface area contributed by atoms with Crippen LogP contribution in [0.4, 0.5) is 0 Å². The van der Waals surface area contributed by atoms with Gasteiger partial charge in [0.15, 0.2) is 0 Å². The fourth-order valence-electron chi connectivity index (χ4n) is 8.90. The normalized spacial score (nSPS) is 11.8. The Balaban J connectivity index is 1.26. The Morgan fingerprint density at radius 2 is 0.885 bits per heavy atom. The summed E-state index contributed by atoms with van der Waals surface area (Å²) in [6, 6.07) is 51.2. The fraction of sp³-hybridized carbons (Fsp3) is 0. The van der Waals surface area contributed by atoms with Crippen LogP contribution in [0.25, 0.3) is 98.8 Å². The number of furan rings is 1. The number of benzene rings is 9. The van der Waals surface area contributed by atoms with Crippen LogP contribution in [0, 0.1) is 0 Å².